The summed E-state index contributed by atoms with van der Waals surface area (Å²) in [7, 11) is 0. The van der Waals surface area contributed by atoms with Gasteiger partial charge in [-0.1, -0.05) is 17.7 Å². The van der Waals surface area contributed by atoms with Crippen LogP contribution in [0.25, 0.3) is 16.9 Å². The lowest BCUT2D eigenvalue weighted by Gasteiger charge is -2.20. The summed E-state index contributed by atoms with van der Waals surface area (Å²) in [5.41, 5.74) is 3.77. The van der Waals surface area contributed by atoms with Crippen LogP contribution in [0.2, 0.25) is 0 Å². The van der Waals surface area contributed by atoms with Crippen molar-refractivity contribution in [2.24, 2.45) is 0 Å². The van der Waals surface area contributed by atoms with Gasteiger partial charge in [-0.05, 0) is 31.9 Å². The maximum atomic E-state index is 12.9. The van der Waals surface area contributed by atoms with E-state index in [9.17, 15) is 4.79 Å². The number of pyridine rings is 1. The molecular weight excluding hydrogens is 278 g/mol. The van der Waals surface area contributed by atoms with Gasteiger partial charge in [0.2, 0.25) is 0 Å². The molecule has 0 fully saturated rings. The molecule has 0 radical (unpaired) electrons. The Hall–Kier alpha value is -2.69. The number of hydrogen-bond acceptors (Lipinski definition) is 4. The van der Waals surface area contributed by atoms with E-state index < -0.39 is 0 Å². The predicted molar refractivity (Wildman–Crippen MR) is 83.7 cm³/mol. The van der Waals surface area contributed by atoms with E-state index in [1.807, 2.05) is 31.2 Å². The van der Waals surface area contributed by atoms with Crippen LogP contribution in [0, 0.1) is 6.92 Å². The lowest BCUT2D eigenvalue weighted by Crippen LogP contribution is -2.27. The highest BCUT2D eigenvalue weighted by atomic mass is 16.5. The zero-order chi connectivity index (χ0) is 15.1. The maximum absolute atomic E-state index is 12.9. The van der Waals surface area contributed by atoms with E-state index in [2.05, 4.69) is 9.97 Å². The average molecular weight is 293 g/mol. The fourth-order valence-electron chi connectivity index (χ4n) is 2.86. The molecule has 110 valence electrons. The molecule has 1 aliphatic heterocycles. The second-order valence-corrected chi connectivity index (χ2v) is 5.46. The summed E-state index contributed by atoms with van der Waals surface area (Å²) < 4.78 is 7.35. The minimum Gasteiger partial charge on any atom is -0.491 e. The number of aryl methyl sites for hydroxylation is 1. The van der Waals surface area contributed by atoms with Gasteiger partial charge in [0.15, 0.2) is 11.4 Å². The molecule has 22 heavy (non-hydrogen) atoms. The third-order valence-electron chi connectivity index (χ3n) is 3.95. The lowest BCUT2D eigenvalue weighted by atomic mass is 10.1. The molecular formula is C17H15N3O2. The van der Waals surface area contributed by atoms with E-state index in [0.29, 0.717) is 35.5 Å². The van der Waals surface area contributed by atoms with Crippen LogP contribution in [0.3, 0.4) is 0 Å². The van der Waals surface area contributed by atoms with Crippen molar-refractivity contribution in [3.8, 4) is 11.4 Å². The Morgan fingerprint density at radius 2 is 1.91 bits per heavy atom. The summed E-state index contributed by atoms with van der Waals surface area (Å²) in [6.07, 6.45) is 4.79. The van der Waals surface area contributed by atoms with Crippen molar-refractivity contribution >= 4 is 11.2 Å². The molecule has 0 amide bonds. The molecule has 5 heteroatoms. The molecule has 4 rings (SSSR count). The SMILES string of the molecule is Cc1ccc(-n2c(=O)c3c(c4nccnc42)OCCC3)cc1. The van der Waals surface area contributed by atoms with Crippen molar-refractivity contribution in [3.63, 3.8) is 0 Å². The monoisotopic (exact) mass is 293 g/mol. The summed E-state index contributed by atoms with van der Waals surface area (Å²) in [6.45, 7) is 2.64. The van der Waals surface area contributed by atoms with Crippen molar-refractivity contribution in [2.75, 3.05) is 6.61 Å². The molecule has 1 aromatic carbocycles. The molecule has 0 saturated heterocycles. The van der Waals surface area contributed by atoms with Crippen LogP contribution in [0.15, 0.2) is 41.5 Å². The van der Waals surface area contributed by atoms with Gasteiger partial charge >= 0.3 is 0 Å². The second kappa shape index (κ2) is 4.94. The lowest BCUT2D eigenvalue weighted by molar-refractivity contribution is 0.290. The molecule has 0 N–H and O–H groups in total. The molecule has 1 aliphatic rings. The van der Waals surface area contributed by atoms with Crippen LogP contribution >= 0.6 is 0 Å². The minimum absolute atomic E-state index is 0.0634. The molecule has 0 saturated carbocycles. The summed E-state index contributed by atoms with van der Waals surface area (Å²) in [6, 6.07) is 7.84. The highest BCUT2D eigenvalue weighted by Crippen LogP contribution is 2.29. The minimum atomic E-state index is -0.0634. The van der Waals surface area contributed by atoms with Gasteiger partial charge in [0.1, 0.15) is 5.52 Å². The van der Waals surface area contributed by atoms with E-state index >= 15 is 0 Å². The van der Waals surface area contributed by atoms with Crippen molar-refractivity contribution in [2.45, 2.75) is 19.8 Å². The average Bonchev–Trinajstić information content (AvgIpc) is 2.57. The van der Waals surface area contributed by atoms with Crippen LogP contribution in [0.5, 0.6) is 5.75 Å². The molecule has 0 aliphatic carbocycles. The van der Waals surface area contributed by atoms with Gasteiger partial charge in [0, 0.05) is 12.4 Å². The largest absolute Gasteiger partial charge is 0.491 e. The molecule has 0 spiro atoms. The van der Waals surface area contributed by atoms with Gasteiger partial charge in [-0.25, -0.2) is 9.97 Å². The van der Waals surface area contributed by atoms with E-state index in [-0.39, 0.29) is 5.56 Å². The van der Waals surface area contributed by atoms with Crippen LogP contribution in [-0.2, 0) is 6.42 Å². The van der Waals surface area contributed by atoms with Gasteiger partial charge in [-0.15, -0.1) is 0 Å². The first-order chi connectivity index (χ1) is 10.8. The van der Waals surface area contributed by atoms with E-state index in [4.69, 9.17) is 4.74 Å². The fourth-order valence-corrected chi connectivity index (χ4v) is 2.86. The smallest absolute Gasteiger partial charge is 0.263 e. The quantitative estimate of drug-likeness (QED) is 0.691. The van der Waals surface area contributed by atoms with Crippen molar-refractivity contribution in [3.05, 3.63) is 58.1 Å². The number of nitrogens with zero attached hydrogens (tertiary/aromatic N) is 3. The van der Waals surface area contributed by atoms with Gasteiger partial charge < -0.3 is 4.74 Å². The highest BCUT2D eigenvalue weighted by Gasteiger charge is 2.23. The Bertz CT molecular complexity index is 914. The Balaban J connectivity index is 2.12. The van der Waals surface area contributed by atoms with Crippen LogP contribution in [0.4, 0.5) is 0 Å². The number of benzene rings is 1. The molecule has 3 aromatic rings. The molecule has 5 nitrogen and oxygen atoms in total. The second-order valence-electron chi connectivity index (χ2n) is 5.46. The van der Waals surface area contributed by atoms with E-state index in [0.717, 1.165) is 17.7 Å². The Morgan fingerprint density at radius 1 is 1.14 bits per heavy atom. The van der Waals surface area contributed by atoms with Crippen molar-refractivity contribution in [1.82, 2.24) is 14.5 Å². The number of hydrogen-bond donors (Lipinski definition) is 0. The number of aromatic nitrogens is 3. The summed E-state index contributed by atoms with van der Waals surface area (Å²) in [5, 5.41) is 0. The fraction of sp³-hybridized carbons (Fsp3) is 0.235. The summed E-state index contributed by atoms with van der Waals surface area (Å²) in [5.74, 6) is 0.600. The van der Waals surface area contributed by atoms with Crippen molar-refractivity contribution in [1.29, 1.82) is 0 Å². The molecule has 0 bridgehead atoms. The van der Waals surface area contributed by atoms with Gasteiger partial charge in [-0.2, -0.15) is 0 Å². The molecule has 3 heterocycles. The Morgan fingerprint density at radius 3 is 2.73 bits per heavy atom. The van der Waals surface area contributed by atoms with Crippen LogP contribution in [0.1, 0.15) is 17.5 Å². The van der Waals surface area contributed by atoms with Crippen LogP contribution < -0.4 is 10.3 Å². The van der Waals surface area contributed by atoms with E-state index in [1.54, 1.807) is 17.0 Å². The van der Waals surface area contributed by atoms with Gasteiger partial charge in [-0.3, -0.25) is 9.36 Å². The highest BCUT2D eigenvalue weighted by molar-refractivity contribution is 5.81. The predicted octanol–water partition coefficient (Wildman–Crippen LogP) is 2.41. The zero-order valence-corrected chi connectivity index (χ0v) is 12.2. The number of rotatable bonds is 1. The third kappa shape index (κ3) is 1.89. The van der Waals surface area contributed by atoms with Crippen molar-refractivity contribution < 1.29 is 4.74 Å². The van der Waals surface area contributed by atoms with E-state index in [1.165, 1.54) is 0 Å². The standard InChI is InChI=1S/C17H15N3O2/c1-11-4-6-12(7-5-11)20-16-14(18-8-9-19-16)15-13(17(20)21)3-2-10-22-15/h4-9H,2-3,10H2,1H3. The molecule has 0 atom stereocenters. The summed E-state index contributed by atoms with van der Waals surface area (Å²) in [4.78, 5) is 21.7. The zero-order valence-electron chi connectivity index (χ0n) is 12.2. The first kappa shape index (κ1) is 13.0. The first-order valence-corrected chi connectivity index (χ1v) is 7.34. The number of fused-ring (bicyclic) bond motifs is 3. The topological polar surface area (TPSA) is 57.0 Å². The molecule has 0 unspecified atom stereocenters. The maximum Gasteiger partial charge on any atom is 0.263 e. The Labute approximate surface area is 127 Å². The summed E-state index contributed by atoms with van der Waals surface area (Å²) >= 11 is 0. The third-order valence-corrected chi connectivity index (χ3v) is 3.95. The number of ether oxygens (including phenoxy) is 1. The van der Waals surface area contributed by atoms with Crippen LogP contribution in [-0.4, -0.2) is 21.1 Å². The van der Waals surface area contributed by atoms with Gasteiger partial charge in [0.05, 0.1) is 17.9 Å². The van der Waals surface area contributed by atoms with Gasteiger partial charge in [0.25, 0.3) is 5.56 Å². The Kier molecular flexibility index (Phi) is 2.92. The first-order valence-electron chi connectivity index (χ1n) is 7.34. The normalized spacial score (nSPS) is 13.7. The molecule has 2 aromatic heterocycles.